The standard InChI is InChI=1S/C22H18BrClN2O7S/c1-31-16-7-11(6-14(23)19(16)32-2)8-17-20(28)26(22(30)34-17)10-18(27)25-12-4-5-15(24)13(9-12)21(29)33-3/h4-9H,10H2,1-3H3,(H,25,27)/b17-8+. The molecule has 1 aliphatic rings. The second-order valence-corrected chi connectivity index (χ2v) is 9.00. The van der Waals surface area contributed by atoms with Gasteiger partial charge in [-0.05, 0) is 69.7 Å². The molecule has 34 heavy (non-hydrogen) atoms. The average Bonchev–Trinajstić information content (AvgIpc) is 3.06. The lowest BCUT2D eigenvalue weighted by Gasteiger charge is -2.13. The predicted molar refractivity (Wildman–Crippen MR) is 131 cm³/mol. The number of halogens is 2. The zero-order chi connectivity index (χ0) is 25.0. The average molecular weight is 570 g/mol. The number of ether oxygens (including phenoxy) is 3. The number of methoxy groups -OCH3 is 3. The molecular formula is C22H18BrClN2O7S. The number of nitrogens with one attached hydrogen (secondary N) is 1. The molecule has 1 heterocycles. The van der Waals surface area contributed by atoms with Crippen LogP contribution in [0.1, 0.15) is 15.9 Å². The number of amides is 3. The summed E-state index contributed by atoms with van der Waals surface area (Å²) in [6.07, 6.45) is 1.53. The van der Waals surface area contributed by atoms with Gasteiger partial charge < -0.3 is 19.5 Å². The number of hydrogen-bond acceptors (Lipinski definition) is 8. The van der Waals surface area contributed by atoms with E-state index in [4.69, 9.17) is 21.1 Å². The highest BCUT2D eigenvalue weighted by Crippen LogP contribution is 2.38. The van der Waals surface area contributed by atoms with Crippen LogP contribution in [0.15, 0.2) is 39.7 Å². The van der Waals surface area contributed by atoms with Crippen LogP contribution in [-0.4, -0.2) is 55.8 Å². The van der Waals surface area contributed by atoms with Crippen molar-refractivity contribution < 1.29 is 33.4 Å². The van der Waals surface area contributed by atoms with Crippen LogP contribution in [-0.2, 0) is 14.3 Å². The summed E-state index contributed by atoms with van der Waals surface area (Å²) in [5, 5.41) is 2.11. The normalized spacial score (nSPS) is 14.4. The zero-order valence-electron chi connectivity index (χ0n) is 18.1. The summed E-state index contributed by atoms with van der Waals surface area (Å²) in [5.41, 5.74) is 0.917. The van der Waals surface area contributed by atoms with Gasteiger partial charge in [0.1, 0.15) is 6.54 Å². The minimum absolute atomic E-state index is 0.0668. The van der Waals surface area contributed by atoms with Crippen LogP contribution in [0.25, 0.3) is 6.08 Å². The second kappa shape index (κ2) is 10.9. The van der Waals surface area contributed by atoms with Gasteiger partial charge in [-0.3, -0.25) is 19.3 Å². The molecule has 0 radical (unpaired) electrons. The van der Waals surface area contributed by atoms with Crippen molar-refractivity contribution in [1.29, 1.82) is 0 Å². The van der Waals surface area contributed by atoms with Crippen molar-refractivity contribution >= 4 is 74.1 Å². The summed E-state index contributed by atoms with van der Waals surface area (Å²) in [5.74, 6) is -0.977. The lowest BCUT2D eigenvalue weighted by Crippen LogP contribution is -2.36. The first-order chi connectivity index (χ1) is 16.2. The number of anilines is 1. The van der Waals surface area contributed by atoms with Gasteiger partial charge in [0.05, 0.1) is 41.3 Å². The van der Waals surface area contributed by atoms with Crippen LogP contribution in [0.2, 0.25) is 5.02 Å². The number of hydrogen-bond donors (Lipinski definition) is 1. The SMILES string of the molecule is COC(=O)c1cc(NC(=O)CN2C(=O)S/C(=C/c3cc(Br)c(OC)c(OC)c3)C2=O)ccc1Cl. The topological polar surface area (TPSA) is 111 Å². The molecule has 1 N–H and O–H groups in total. The van der Waals surface area contributed by atoms with E-state index in [2.05, 4.69) is 26.0 Å². The maximum atomic E-state index is 12.8. The fourth-order valence-corrected chi connectivity index (χ4v) is 4.68. The Morgan fingerprint density at radius 2 is 1.88 bits per heavy atom. The van der Waals surface area contributed by atoms with E-state index in [0.717, 1.165) is 16.7 Å². The molecule has 2 aromatic rings. The highest BCUT2D eigenvalue weighted by atomic mass is 79.9. The quantitative estimate of drug-likeness (QED) is 0.381. The smallest absolute Gasteiger partial charge is 0.339 e. The molecule has 3 amide bonds. The number of nitrogens with zero attached hydrogens (tertiary/aromatic N) is 1. The molecule has 0 aliphatic carbocycles. The first-order valence-electron chi connectivity index (χ1n) is 9.53. The summed E-state index contributed by atoms with van der Waals surface area (Å²) < 4.78 is 15.8. The highest BCUT2D eigenvalue weighted by Gasteiger charge is 2.36. The molecule has 178 valence electrons. The maximum absolute atomic E-state index is 12.8. The van der Waals surface area contributed by atoms with E-state index in [-0.39, 0.29) is 21.2 Å². The van der Waals surface area contributed by atoms with Crippen molar-refractivity contribution in [3.05, 3.63) is 55.9 Å². The number of carbonyl (C=O) groups is 4. The van der Waals surface area contributed by atoms with Crippen molar-refractivity contribution in [1.82, 2.24) is 4.90 Å². The Hall–Kier alpha value is -3.02. The van der Waals surface area contributed by atoms with Gasteiger partial charge in [0, 0.05) is 5.69 Å². The van der Waals surface area contributed by atoms with E-state index >= 15 is 0 Å². The van der Waals surface area contributed by atoms with Crippen LogP contribution in [0.5, 0.6) is 11.5 Å². The lowest BCUT2D eigenvalue weighted by molar-refractivity contribution is -0.127. The third kappa shape index (κ3) is 5.54. The highest BCUT2D eigenvalue weighted by molar-refractivity contribution is 9.10. The minimum Gasteiger partial charge on any atom is -0.493 e. The van der Waals surface area contributed by atoms with E-state index in [1.807, 2.05) is 0 Å². The summed E-state index contributed by atoms with van der Waals surface area (Å²) >= 11 is 10.1. The van der Waals surface area contributed by atoms with Crippen LogP contribution in [0.4, 0.5) is 10.5 Å². The van der Waals surface area contributed by atoms with E-state index in [1.165, 1.54) is 45.6 Å². The summed E-state index contributed by atoms with van der Waals surface area (Å²) in [6.45, 7) is -0.506. The summed E-state index contributed by atoms with van der Waals surface area (Å²) in [7, 11) is 4.19. The van der Waals surface area contributed by atoms with E-state index in [9.17, 15) is 19.2 Å². The van der Waals surface area contributed by atoms with Gasteiger partial charge in [-0.25, -0.2) is 4.79 Å². The molecule has 2 aromatic carbocycles. The van der Waals surface area contributed by atoms with Gasteiger partial charge in [-0.1, -0.05) is 11.6 Å². The first-order valence-corrected chi connectivity index (χ1v) is 11.5. The Balaban J connectivity index is 1.75. The molecule has 1 saturated heterocycles. The molecule has 9 nitrogen and oxygen atoms in total. The van der Waals surface area contributed by atoms with E-state index < -0.39 is 29.6 Å². The van der Waals surface area contributed by atoms with Crippen molar-refractivity contribution in [2.45, 2.75) is 0 Å². The molecule has 1 fully saturated rings. The Labute approximate surface area is 212 Å². The molecule has 1 aliphatic heterocycles. The fraction of sp³-hybridized carbons (Fsp3) is 0.182. The van der Waals surface area contributed by atoms with Crippen LogP contribution in [0, 0.1) is 0 Å². The van der Waals surface area contributed by atoms with Gasteiger partial charge in [-0.2, -0.15) is 0 Å². The number of rotatable bonds is 7. The predicted octanol–water partition coefficient (Wildman–Crippen LogP) is 4.58. The molecule has 0 aromatic heterocycles. The molecule has 3 rings (SSSR count). The molecular weight excluding hydrogens is 552 g/mol. The van der Waals surface area contributed by atoms with Crippen LogP contribution >= 0.6 is 39.3 Å². The fourth-order valence-electron chi connectivity index (χ4n) is 3.02. The zero-order valence-corrected chi connectivity index (χ0v) is 21.3. The Kier molecular flexibility index (Phi) is 8.24. The summed E-state index contributed by atoms with van der Waals surface area (Å²) in [4.78, 5) is 50.4. The number of esters is 1. The molecule has 0 unspecified atom stereocenters. The maximum Gasteiger partial charge on any atom is 0.339 e. The molecule has 0 atom stereocenters. The van der Waals surface area contributed by atoms with E-state index in [1.54, 1.807) is 12.1 Å². The van der Waals surface area contributed by atoms with E-state index in [0.29, 0.717) is 21.5 Å². The Morgan fingerprint density at radius 1 is 1.15 bits per heavy atom. The van der Waals surface area contributed by atoms with Crippen molar-refractivity contribution in [3.63, 3.8) is 0 Å². The summed E-state index contributed by atoms with van der Waals surface area (Å²) in [6, 6.07) is 7.61. The van der Waals surface area contributed by atoms with Crippen molar-refractivity contribution in [2.75, 3.05) is 33.2 Å². The molecule has 0 spiro atoms. The van der Waals surface area contributed by atoms with Crippen molar-refractivity contribution in [2.24, 2.45) is 0 Å². The van der Waals surface area contributed by atoms with Gasteiger partial charge >= 0.3 is 5.97 Å². The van der Waals surface area contributed by atoms with Crippen LogP contribution in [0.3, 0.4) is 0 Å². The lowest BCUT2D eigenvalue weighted by atomic mass is 10.2. The molecule has 12 heteroatoms. The van der Waals surface area contributed by atoms with Gasteiger partial charge in [-0.15, -0.1) is 0 Å². The van der Waals surface area contributed by atoms with Gasteiger partial charge in [0.15, 0.2) is 11.5 Å². The molecule has 0 saturated carbocycles. The third-order valence-electron chi connectivity index (χ3n) is 4.58. The minimum atomic E-state index is -0.668. The number of carbonyl (C=O) groups excluding carboxylic acids is 4. The number of imide groups is 1. The third-order valence-corrected chi connectivity index (χ3v) is 6.41. The molecule has 0 bridgehead atoms. The second-order valence-electron chi connectivity index (χ2n) is 6.74. The number of thioether (sulfide) groups is 1. The van der Waals surface area contributed by atoms with Crippen LogP contribution < -0.4 is 14.8 Å². The Morgan fingerprint density at radius 3 is 2.53 bits per heavy atom. The largest absolute Gasteiger partial charge is 0.493 e. The van der Waals surface area contributed by atoms with Gasteiger partial charge in [0.25, 0.3) is 11.1 Å². The number of benzene rings is 2. The van der Waals surface area contributed by atoms with Gasteiger partial charge in [0.2, 0.25) is 5.91 Å². The Bertz CT molecular complexity index is 1220. The first kappa shape index (κ1) is 25.6. The van der Waals surface area contributed by atoms with Crippen molar-refractivity contribution in [3.8, 4) is 11.5 Å². The monoisotopic (exact) mass is 568 g/mol.